The van der Waals surface area contributed by atoms with Crippen LogP contribution in [0.15, 0.2) is 0 Å². The van der Waals surface area contributed by atoms with Crippen molar-refractivity contribution < 1.29 is 4.74 Å². The lowest BCUT2D eigenvalue weighted by atomic mass is 9.85. The molecule has 0 aromatic carbocycles. The Bertz CT molecular complexity index is 268. The van der Waals surface area contributed by atoms with Crippen molar-refractivity contribution in [3.8, 4) is 0 Å². The fraction of sp³-hybridized carbons (Fsp3) is 1.00. The third-order valence-corrected chi connectivity index (χ3v) is 4.97. The molecule has 1 N–H and O–H groups in total. The summed E-state index contributed by atoms with van der Waals surface area (Å²) in [6, 6.07) is 0.566. The topological polar surface area (TPSA) is 24.5 Å². The Balaban J connectivity index is 1.80. The van der Waals surface area contributed by atoms with Gasteiger partial charge in [0.05, 0.1) is 6.61 Å². The van der Waals surface area contributed by atoms with Gasteiger partial charge in [-0.2, -0.15) is 0 Å². The minimum absolute atomic E-state index is 0.341. The number of hydrogen-bond donors (Lipinski definition) is 1. The van der Waals surface area contributed by atoms with Crippen LogP contribution in [0.2, 0.25) is 0 Å². The summed E-state index contributed by atoms with van der Waals surface area (Å²) in [5.74, 6) is 0.936. The van der Waals surface area contributed by atoms with Crippen LogP contribution in [0, 0.1) is 11.3 Å². The van der Waals surface area contributed by atoms with Crippen molar-refractivity contribution in [3.05, 3.63) is 0 Å². The minimum Gasteiger partial charge on any atom is -0.381 e. The molecule has 1 aliphatic carbocycles. The third kappa shape index (κ3) is 5.01. The van der Waals surface area contributed by atoms with Crippen LogP contribution in [0.5, 0.6) is 0 Å². The molecule has 1 saturated carbocycles. The van der Waals surface area contributed by atoms with Crippen LogP contribution in [-0.4, -0.2) is 50.8 Å². The molecule has 0 aromatic heterocycles. The maximum atomic E-state index is 5.72. The van der Waals surface area contributed by atoms with Crippen LogP contribution in [0.25, 0.3) is 0 Å². The van der Waals surface area contributed by atoms with E-state index in [0.29, 0.717) is 11.5 Å². The monoisotopic (exact) mass is 282 g/mol. The Morgan fingerprint density at radius 3 is 2.60 bits per heavy atom. The molecule has 1 aliphatic heterocycles. The van der Waals surface area contributed by atoms with Crippen molar-refractivity contribution in [2.24, 2.45) is 11.3 Å². The van der Waals surface area contributed by atoms with E-state index in [0.717, 1.165) is 25.7 Å². The summed E-state index contributed by atoms with van der Waals surface area (Å²) < 4.78 is 5.72. The summed E-state index contributed by atoms with van der Waals surface area (Å²) in [5, 5.41) is 3.63. The quantitative estimate of drug-likeness (QED) is 0.777. The standard InChI is InChI=1S/C17H34N2O/c1-15(2)18-12-17(9-10-20-14-17)13-19(3)11-16-7-5-4-6-8-16/h15-16,18H,4-14H2,1-3H3. The second-order valence-electron chi connectivity index (χ2n) is 7.54. The first-order valence-electron chi connectivity index (χ1n) is 8.59. The smallest absolute Gasteiger partial charge is 0.0547 e. The van der Waals surface area contributed by atoms with Crippen molar-refractivity contribution in [1.29, 1.82) is 0 Å². The zero-order chi connectivity index (χ0) is 14.4. The van der Waals surface area contributed by atoms with Gasteiger partial charge in [0.25, 0.3) is 0 Å². The van der Waals surface area contributed by atoms with Gasteiger partial charge in [0.1, 0.15) is 0 Å². The van der Waals surface area contributed by atoms with Crippen LogP contribution >= 0.6 is 0 Å². The largest absolute Gasteiger partial charge is 0.381 e. The van der Waals surface area contributed by atoms with Crippen molar-refractivity contribution in [3.63, 3.8) is 0 Å². The average molecular weight is 282 g/mol. The number of rotatable bonds is 7. The van der Waals surface area contributed by atoms with E-state index < -0.39 is 0 Å². The first-order valence-corrected chi connectivity index (χ1v) is 8.59. The predicted octanol–water partition coefficient (Wildman–Crippen LogP) is 2.90. The fourth-order valence-corrected chi connectivity index (χ4v) is 3.84. The number of nitrogens with zero attached hydrogens (tertiary/aromatic N) is 1. The lowest BCUT2D eigenvalue weighted by Gasteiger charge is -2.35. The Morgan fingerprint density at radius 2 is 2.00 bits per heavy atom. The predicted molar refractivity (Wildman–Crippen MR) is 85.1 cm³/mol. The summed E-state index contributed by atoms with van der Waals surface area (Å²) >= 11 is 0. The summed E-state index contributed by atoms with van der Waals surface area (Å²) in [4.78, 5) is 2.58. The third-order valence-electron chi connectivity index (χ3n) is 4.97. The molecule has 3 heteroatoms. The zero-order valence-electron chi connectivity index (χ0n) is 13.8. The lowest BCUT2D eigenvalue weighted by Crippen LogP contribution is -2.46. The van der Waals surface area contributed by atoms with Crippen LogP contribution in [-0.2, 0) is 4.74 Å². The normalized spacial score (nSPS) is 28.6. The van der Waals surface area contributed by atoms with E-state index in [-0.39, 0.29) is 0 Å². The molecule has 3 nitrogen and oxygen atoms in total. The average Bonchev–Trinajstić information content (AvgIpc) is 2.86. The molecular formula is C17H34N2O. The maximum absolute atomic E-state index is 5.72. The SMILES string of the molecule is CC(C)NCC1(CN(C)CC2CCCCC2)CCOC1. The molecule has 1 unspecified atom stereocenters. The molecular weight excluding hydrogens is 248 g/mol. The van der Waals surface area contributed by atoms with E-state index in [2.05, 4.69) is 31.1 Å². The van der Waals surface area contributed by atoms with Gasteiger partial charge < -0.3 is 15.0 Å². The second-order valence-corrected chi connectivity index (χ2v) is 7.54. The van der Waals surface area contributed by atoms with Gasteiger partial charge >= 0.3 is 0 Å². The Labute approximate surface area is 125 Å². The van der Waals surface area contributed by atoms with E-state index in [1.54, 1.807) is 0 Å². The van der Waals surface area contributed by atoms with Gasteiger partial charge in [-0.15, -0.1) is 0 Å². The molecule has 0 amide bonds. The Morgan fingerprint density at radius 1 is 1.25 bits per heavy atom. The van der Waals surface area contributed by atoms with Crippen LogP contribution in [0.3, 0.4) is 0 Å². The molecule has 0 bridgehead atoms. The molecule has 0 aromatic rings. The lowest BCUT2D eigenvalue weighted by molar-refractivity contribution is 0.107. The summed E-state index contributed by atoms with van der Waals surface area (Å²) in [7, 11) is 2.31. The number of nitrogens with one attached hydrogen (secondary N) is 1. The maximum Gasteiger partial charge on any atom is 0.0547 e. The molecule has 1 heterocycles. The second kappa shape index (κ2) is 7.77. The van der Waals surface area contributed by atoms with Gasteiger partial charge in [-0.3, -0.25) is 0 Å². The van der Waals surface area contributed by atoms with Crippen molar-refractivity contribution in [2.45, 2.75) is 58.4 Å². The highest BCUT2D eigenvalue weighted by atomic mass is 16.5. The highest BCUT2D eigenvalue weighted by molar-refractivity contribution is 4.89. The van der Waals surface area contributed by atoms with Gasteiger partial charge in [-0.1, -0.05) is 33.1 Å². The number of hydrogen-bond acceptors (Lipinski definition) is 3. The molecule has 0 radical (unpaired) electrons. The van der Waals surface area contributed by atoms with Gasteiger partial charge in [-0.05, 0) is 32.2 Å². The van der Waals surface area contributed by atoms with Crippen LogP contribution in [0.4, 0.5) is 0 Å². The van der Waals surface area contributed by atoms with E-state index in [1.165, 1.54) is 51.6 Å². The summed E-state index contributed by atoms with van der Waals surface area (Å²) in [6.45, 7) is 9.90. The minimum atomic E-state index is 0.341. The fourth-order valence-electron chi connectivity index (χ4n) is 3.84. The zero-order valence-corrected chi connectivity index (χ0v) is 13.8. The van der Waals surface area contributed by atoms with Crippen LogP contribution < -0.4 is 5.32 Å². The van der Waals surface area contributed by atoms with Crippen molar-refractivity contribution >= 4 is 0 Å². The highest BCUT2D eigenvalue weighted by Gasteiger charge is 2.36. The van der Waals surface area contributed by atoms with E-state index in [1.807, 2.05) is 0 Å². The molecule has 118 valence electrons. The molecule has 2 rings (SSSR count). The van der Waals surface area contributed by atoms with Gasteiger partial charge in [0, 0.05) is 37.7 Å². The highest BCUT2D eigenvalue weighted by Crippen LogP contribution is 2.30. The molecule has 2 aliphatic rings. The van der Waals surface area contributed by atoms with Gasteiger partial charge in [0.15, 0.2) is 0 Å². The first kappa shape index (κ1) is 16.3. The Hall–Kier alpha value is -0.120. The van der Waals surface area contributed by atoms with Crippen molar-refractivity contribution in [1.82, 2.24) is 10.2 Å². The molecule has 0 spiro atoms. The first-order chi connectivity index (χ1) is 9.60. The summed E-state index contributed by atoms with van der Waals surface area (Å²) in [6.07, 6.45) is 8.44. The molecule has 1 atom stereocenters. The Kier molecular flexibility index (Phi) is 6.31. The number of ether oxygens (including phenoxy) is 1. The molecule has 20 heavy (non-hydrogen) atoms. The van der Waals surface area contributed by atoms with Crippen LogP contribution in [0.1, 0.15) is 52.4 Å². The van der Waals surface area contributed by atoms with Gasteiger partial charge in [-0.25, -0.2) is 0 Å². The molecule has 2 fully saturated rings. The molecule has 1 saturated heterocycles. The van der Waals surface area contributed by atoms with E-state index in [9.17, 15) is 0 Å². The van der Waals surface area contributed by atoms with E-state index >= 15 is 0 Å². The van der Waals surface area contributed by atoms with E-state index in [4.69, 9.17) is 4.74 Å². The van der Waals surface area contributed by atoms with Crippen molar-refractivity contribution in [2.75, 3.05) is 39.9 Å². The summed E-state index contributed by atoms with van der Waals surface area (Å²) in [5.41, 5.74) is 0.341. The van der Waals surface area contributed by atoms with Gasteiger partial charge in [0.2, 0.25) is 0 Å².